The van der Waals surface area contributed by atoms with Crippen molar-refractivity contribution in [2.75, 3.05) is 0 Å². The highest BCUT2D eigenvalue weighted by Gasteiger charge is 2.34. The Morgan fingerprint density at radius 2 is 0.733 bits per heavy atom. The van der Waals surface area contributed by atoms with E-state index in [0.29, 0.717) is 0 Å². The zero-order chi connectivity index (χ0) is 20.2. The van der Waals surface area contributed by atoms with Gasteiger partial charge in [-0.1, -0.05) is 121 Å². The molecule has 4 aromatic carbocycles. The number of benzene rings is 4. The Kier molecular flexibility index (Phi) is 4.78. The smallest absolute Gasteiger partial charge is 0.0608 e. The minimum atomic E-state index is -0.371. The predicted molar refractivity (Wildman–Crippen MR) is 126 cm³/mol. The molecule has 0 unspecified atom stereocenters. The maximum Gasteiger partial charge on any atom is 0.0608 e. The molecule has 1 aliphatic heterocycles. The molecule has 1 heteroatoms. The molecule has 1 N–H and O–H groups in total. The van der Waals surface area contributed by atoms with Crippen molar-refractivity contribution >= 4 is 11.4 Å². The summed E-state index contributed by atoms with van der Waals surface area (Å²) in [5.41, 5.74) is 6.71. The number of hydrogen-bond acceptors (Lipinski definition) is 1. The van der Waals surface area contributed by atoms with Crippen molar-refractivity contribution in [1.29, 1.82) is 0 Å². The maximum absolute atomic E-state index is 3.70. The third-order valence-electron chi connectivity index (χ3n) is 5.69. The summed E-state index contributed by atoms with van der Waals surface area (Å²) >= 11 is 0. The topological polar surface area (TPSA) is 12.0 Å². The Bertz CT molecular complexity index is 1080. The Morgan fingerprint density at radius 3 is 1.10 bits per heavy atom. The van der Waals surface area contributed by atoms with Gasteiger partial charge in [0.25, 0.3) is 0 Å². The van der Waals surface area contributed by atoms with E-state index < -0.39 is 0 Å². The van der Waals surface area contributed by atoms with Crippen molar-refractivity contribution < 1.29 is 0 Å². The third kappa shape index (κ3) is 3.35. The first-order valence-electron chi connectivity index (χ1n) is 10.3. The van der Waals surface area contributed by atoms with Crippen LogP contribution in [0.25, 0.3) is 11.4 Å². The van der Waals surface area contributed by atoms with Crippen LogP contribution in [0.2, 0.25) is 0 Å². The fourth-order valence-electron chi connectivity index (χ4n) is 4.19. The number of allylic oxidation sites excluding steroid dienone is 2. The van der Waals surface area contributed by atoms with Crippen molar-refractivity contribution in [3.8, 4) is 0 Å². The summed E-state index contributed by atoms with van der Waals surface area (Å²) in [7, 11) is 0. The zero-order valence-corrected chi connectivity index (χ0v) is 16.7. The van der Waals surface area contributed by atoms with E-state index in [2.05, 4.69) is 139 Å². The molecule has 0 spiro atoms. The number of rotatable bonds is 4. The van der Waals surface area contributed by atoms with E-state index in [1.54, 1.807) is 0 Å². The van der Waals surface area contributed by atoms with Crippen molar-refractivity contribution in [3.05, 3.63) is 156 Å². The molecular formula is C29H23N. The molecule has 0 amide bonds. The quantitative estimate of drug-likeness (QED) is 0.414. The van der Waals surface area contributed by atoms with E-state index in [1.807, 2.05) is 0 Å². The van der Waals surface area contributed by atoms with Gasteiger partial charge in [0.05, 0.1) is 5.41 Å². The van der Waals surface area contributed by atoms with Crippen LogP contribution in [0.5, 0.6) is 0 Å². The molecule has 1 heterocycles. The Morgan fingerprint density at radius 1 is 0.400 bits per heavy atom. The first-order valence-corrected chi connectivity index (χ1v) is 10.3. The van der Waals surface area contributed by atoms with E-state index in [9.17, 15) is 0 Å². The molecule has 0 aliphatic carbocycles. The second-order valence-electron chi connectivity index (χ2n) is 7.57. The van der Waals surface area contributed by atoms with Crippen LogP contribution in [-0.2, 0) is 5.41 Å². The molecule has 0 atom stereocenters. The summed E-state index contributed by atoms with van der Waals surface area (Å²) in [4.78, 5) is 0. The van der Waals surface area contributed by atoms with Crippen molar-refractivity contribution in [1.82, 2.24) is 5.32 Å². The minimum absolute atomic E-state index is 0.371. The van der Waals surface area contributed by atoms with Crippen LogP contribution in [0.15, 0.2) is 133 Å². The molecule has 144 valence electrons. The highest BCUT2D eigenvalue weighted by atomic mass is 14.9. The largest absolute Gasteiger partial charge is 0.355 e. The lowest BCUT2D eigenvalue weighted by molar-refractivity contribution is 0.798. The number of hydrogen-bond donors (Lipinski definition) is 1. The van der Waals surface area contributed by atoms with Gasteiger partial charge in [-0.25, -0.2) is 0 Å². The standard InChI is InChI=1S/C29H23N/c1-5-13-23(14-6-1)27-21-29(25-17-9-3-10-18-25,26-19-11-4-12-20-26)22-28(30-27)24-15-7-2-8-16-24/h1-22,30H. The lowest BCUT2D eigenvalue weighted by Gasteiger charge is -2.35. The van der Waals surface area contributed by atoms with Crippen LogP contribution in [0.1, 0.15) is 22.3 Å². The van der Waals surface area contributed by atoms with Crippen LogP contribution >= 0.6 is 0 Å². The second-order valence-corrected chi connectivity index (χ2v) is 7.57. The lowest BCUT2D eigenvalue weighted by Crippen LogP contribution is -2.30. The molecule has 5 rings (SSSR count). The monoisotopic (exact) mass is 385 g/mol. The van der Waals surface area contributed by atoms with Crippen LogP contribution in [0.4, 0.5) is 0 Å². The summed E-state index contributed by atoms with van der Waals surface area (Å²) in [5, 5.41) is 3.70. The average molecular weight is 386 g/mol. The first-order chi connectivity index (χ1) is 14.9. The van der Waals surface area contributed by atoms with Gasteiger partial charge in [0, 0.05) is 11.4 Å². The molecule has 0 aromatic heterocycles. The summed E-state index contributed by atoms with van der Waals surface area (Å²) in [6.45, 7) is 0. The summed E-state index contributed by atoms with van der Waals surface area (Å²) in [6.07, 6.45) is 4.72. The molecule has 4 aromatic rings. The zero-order valence-electron chi connectivity index (χ0n) is 16.7. The highest BCUT2D eigenvalue weighted by molar-refractivity contribution is 5.83. The van der Waals surface area contributed by atoms with Gasteiger partial charge in [-0.15, -0.1) is 0 Å². The fourth-order valence-corrected chi connectivity index (χ4v) is 4.19. The molecule has 30 heavy (non-hydrogen) atoms. The van der Waals surface area contributed by atoms with Gasteiger partial charge in [0.2, 0.25) is 0 Å². The molecule has 1 nitrogen and oxygen atoms in total. The van der Waals surface area contributed by atoms with Gasteiger partial charge in [0.15, 0.2) is 0 Å². The molecule has 0 bridgehead atoms. The van der Waals surface area contributed by atoms with Gasteiger partial charge < -0.3 is 5.32 Å². The first kappa shape index (κ1) is 18.2. The number of nitrogens with one attached hydrogen (secondary N) is 1. The van der Waals surface area contributed by atoms with Gasteiger partial charge in [0.1, 0.15) is 0 Å². The van der Waals surface area contributed by atoms with Gasteiger partial charge >= 0.3 is 0 Å². The fraction of sp³-hybridized carbons (Fsp3) is 0.0345. The Hall–Kier alpha value is -3.84. The van der Waals surface area contributed by atoms with Crippen LogP contribution < -0.4 is 5.32 Å². The van der Waals surface area contributed by atoms with Gasteiger partial charge in [-0.05, 0) is 34.4 Å². The van der Waals surface area contributed by atoms with E-state index in [-0.39, 0.29) is 5.41 Å². The van der Waals surface area contributed by atoms with Crippen LogP contribution in [0, 0.1) is 0 Å². The van der Waals surface area contributed by atoms with Crippen LogP contribution in [-0.4, -0.2) is 0 Å². The minimum Gasteiger partial charge on any atom is -0.355 e. The predicted octanol–water partition coefficient (Wildman–Crippen LogP) is 6.66. The normalized spacial score (nSPS) is 14.9. The third-order valence-corrected chi connectivity index (χ3v) is 5.69. The van der Waals surface area contributed by atoms with Gasteiger partial charge in [-0.2, -0.15) is 0 Å². The number of dihydropyridines is 1. The van der Waals surface area contributed by atoms with Crippen molar-refractivity contribution in [3.63, 3.8) is 0 Å². The molecule has 0 radical (unpaired) electrons. The molecule has 0 saturated carbocycles. The lowest BCUT2D eigenvalue weighted by atomic mass is 9.71. The SMILES string of the molecule is C1=C(c2ccccc2)NC(c2ccccc2)=CC1(c1ccccc1)c1ccccc1. The summed E-state index contributed by atoms with van der Waals surface area (Å²) in [6, 6.07) is 42.6. The Balaban J connectivity index is 1.80. The van der Waals surface area contributed by atoms with Crippen molar-refractivity contribution in [2.45, 2.75) is 5.41 Å². The molecule has 0 fully saturated rings. The maximum atomic E-state index is 3.70. The molecule has 0 saturated heterocycles. The summed E-state index contributed by atoms with van der Waals surface area (Å²) < 4.78 is 0. The Labute approximate surface area is 178 Å². The highest BCUT2D eigenvalue weighted by Crippen LogP contribution is 2.42. The average Bonchev–Trinajstić information content (AvgIpc) is 2.86. The van der Waals surface area contributed by atoms with Crippen molar-refractivity contribution in [2.24, 2.45) is 0 Å². The van der Waals surface area contributed by atoms with E-state index in [4.69, 9.17) is 0 Å². The molecule has 1 aliphatic rings. The summed E-state index contributed by atoms with van der Waals surface area (Å²) in [5.74, 6) is 0. The van der Waals surface area contributed by atoms with E-state index >= 15 is 0 Å². The second kappa shape index (κ2) is 7.88. The van der Waals surface area contributed by atoms with E-state index in [0.717, 1.165) is 11.4 Å². The van der Waals surface area contributed by atoms with Crippen LogP contribution in [0.3, 0.4) is 0 Å². The van der Waals surface area contributed by atoms with Gasteiger partial charge in [-0.3, -0.25) is 0 Å². The molecular weight excluding hydrogens is 362 g/mol. The van der Waals surface area contributed by atoms with E-state index in [1.165, 1.54) is 22.3 Å².